The van der Waals surface area contributed by atoms with Crippen molar-refractivity contribution >= 4 is 17.0 Å². The topological polar surface area (TPSA) is 68.0 Å². The van der Waals surface area contributed by atoms with Gasteiger partial charge in [0.1, 0.15) is 0 Å². The van der Waals surface area contributed by atoms with Gasteiger partial charge in [-0.15, -0.1) is 0 Å². The number of nitrogens with zero attached hydrogens (tertiary/aromatic N) is 3. The van der Waals surface area contributed by atoms with Crippen LogP contribution in [0.5, 0.6) is 0 Å². The van der Waals surface area contributed by atoms with Crippen LogP contribution in [0.4, 0.5) is 0 Å². The van der Waals surface area contributed by atoms with Gasteiger partial charge in [-0.1, -0.05) is 31.2 Å². The second-order valence-corrected chi connectivity index (χ2v) is 6.53. The second kappa shape index (κ2) is 4.65. The summed E-state index contributed by atoms with van der Waals surface area (Å²) in [4.78, 5) is 15.5. The molecule has 1 N–H and O–H groups in total. The Kier molecular flexibility index (Phi) is 2.82. The van der Waals surface area contributed by atoms with Crippen LogP contribution in [0.1, 0.15) is 18.9 Å². The van der Waals surface area contributed by atoms with E-state index in [2.05, 4.69) is 16.1 Å². The highest BCUT2D eigenvalue weighted by atomic mass is 16.4. The molecule has 0 spiro atoms. The molecular formula is C18H17N3O2. The van der Waals surface area contributed by atoms with E-state index < -0.39 is 5.97 Å². The molecule has 4 rings (SSSR count). The summed E-state index contributed by atoms with van der Waals surface area (Å²) in [7, 11) is 1.88. The van der Waals surface area contributed by atoms with Gasteiger partial charge < -0.3 is 5.11 Å². The third kappa shape index (κ3) is 2.20. The van der Waals surface area contributed by atoms with Gasteiger partial charge in [-0.05, 0) is 23.6 Å². The minimum atomic E-state index is -0.706. The van der Waals surface area contributed by atoms with Crippen LogP contribution >= 0.6 is 0 Å². The minimum Gasteiger partial charge on any atom is -0.481 e. The van der Waals surface area contributed by atoms with Crippen LogP contribution in [-0.2, 0) is 17.3 Å². The predicted octanol–water partition coefficient (Wildman–Crippen LogP) is 3.00. The molecule has 0 amide bonds. The number of aliphatic carboxylic acids is 1. The first-order chi connectivity index (χ1) is 11.0. The molecule has 23 heavy (non-hydrogen) atoms. The van der Waals surface area contributed by atoms with E-state index in [0.717, 1.165) is 27.7 Å². The molecule has 0 aliphatic heterocycles. The highest BCUT2D eigenvalue weighted by Gasteiger charge is 2.55. The van der Waals surface area contributed by atoms with Gasteiger partial charge in [0.2, 0.25) is 0 Å². The van der Waals surface area contributed by atoms with Gasteiger partial charge in [-0.3, -0.25) is 9.48 Å². The molecule has 2 heterocycles. The van der Waals surface area contributed by atoms with Gasteiger partial charge in [-0.2, -0.15) is 5.10 Å². The maximum absolute atomic E-state index is 11.1. The van der Waals surface area contributed by atoms with Gasteiger partial charge in [0.25, 0.3) is 0 Å². The van der Waals surface area contributed by atoms with Crippen molar-refractivity contribution in [2.24, 2.45) is 13.0 Å². The number of fused-ring (bicyclic) bond motifs is 1. The van der Waals surface area contributed by atoms with Gasteiger partial charge in [-0.25, -0.2) is 4.98 Å². The van der Waals surface area contributed by atoms with Crippen LogP contribution in [0.15, 0.2) is 42.7 Å². The van der Waals surface area contributed by atoms with Crippen LogP contribution in [0, 0.1) is 5.92 Å². The molecule has 0 radical (unpaired) electrons. The van der Waals surface area contributed by atoms with Crippen molar-refractivity contribution in [3.63, 3.8) is 0 Å². The van der Waals surface area contributed by atoms with E-state index in [1.165, 1.54) is 0 Å². The first-order valence-corrected chi connectivity index (χ1v) is 7.60. The standard InChI is InChI=1S/C18H17N3O2/c1-18(8-15(18)17(22)23)14-5-3-11(4-6-14)12-7-13-10-21(2)20-16(13)19-9-12/h3-7,9-10,15H,8H2,1-2H3,(H,22,23). The van der Waals surface area contributed by atoms with Crippen molar-refractivity contribution in [1.82, 2.24) is 14.8 Å². The number of carboxylic acid groups (broad SMARTS) is 1. The number of rotatable bonds is 3. The van der Waals surface area contributed by atoms with Crippen LogP contribution in [0.2, 0.25) is 0 Å². The maximum Gasteiger partial charge on any atom is 0.307 e. The SMILES string of the molecule is Cn1cc2cc(-c3ccc(C4(C)CC4C(=O)O)cc3)cnc2n1. The second-order valence-electron chi connectivity index (χ2n) is 6.53. The third-order valence-electron chi connectivity index (χ3n) is 4.89. The van der Waals surface area contributed by atoms with Crippen molar-refractivity contribution < 1.29 is 9.90 Å². The molecule has 5 heteroatoms. The Balaban J connectivity index is 1.66. The van der Waals surface area contributed by atoms with Crippen molar-refractivity contribution in [2.75, 3.05) is 0 Å². The Morgan fingerprint density at radius 2 is 2.04 bits per heavy atom. The lowest BCUT2D eigenvalue weighted by atomic mass is 9.93. The molecule has 116 valence electrons. The zero-order valence-corrected chi connectivity index (χ0v) is 13.0. The molecule has 1 aliphatic carbocycles. The molecule has 0 bridgehead atoms. The van der Waals surface area contributed by atoms with Gasteiger partial charge in [0.15, 0.2) is 5.65 Å². The van der Waals surface area contributed by atoms with E-state index in [1.54, 1.807) is 4.68 Å². The maximum atomic E-state index is 11.1. The fraction of sp³-hybridized carbons (Fsp3) is 0.278. The summed E-state index contributed by atoms with van der Waals surface area (Å²) < 4.78 is 1.75. The molecule has 1 saturated carbocycles. The average molecular weight is 307 g/mol. The Morgan fingerprint density at radius 3 is 2.70 bits per heavy atom. The molecule has 1 fully saturated rings. The molecule has 2 atom stereocenters. The van der Waals surface area contributed by atoms with Crippen LogP contribution in [0.3, 0.4) is 0 Å². The molecule has 1 aliphatic rings. The van der Waals surface area contributed by atoms with Gasteiger partial charge >= 0.3 is 5.97 Å². The summed E-state index contributed by atoms with van der Waals surface area (Å²) in [5, 5.41) is 14.5. The smallest absolute Gasteiger partial charge is 0.307 e. The Morgan fingerprint density at radius 1 is 1.30 bits per heavy atom. The number of hydrogen-bond donors (Lipinski definition) is 1. The van der Waals surface area contributed by atoms with E-state index in [9.17, 15) is 4.79 Å². The van der Waals surface area contributed by atoms with Crippen molar-refractivity contribution in [3.05, 3.63) is 48.3 Å². The first kappa shape index (κ1) is 13.9. The fourth-order valence-corrected chi connectivity index (χ4v) is 3.28. The quantitative estimate of drug-likeness (QED) is 0.807. The lowest BCUT2D eigenvalue weighted by Crippen LogP contribution is -2.10. The zero-order chi connectivity index (χ0) is 16.2. The van der Waals surface area contributed by atoms with E-state index in [0.29, 0.717) is 6.42 Å². The van der Waals surface area contributed by atoms with Crippen LogP contribution in [-0.4, -0.2) is 25.8 Å². The molecule has 0 saturated heterocycles. The largest absolute Gasteiger partial charge is 0.481 e. The fourth-order valence-electron chi connectivity index (χ4n) is 3.28. The Bertz CT molecular complexity index is 914. The number of aryl methyl sites for hydroxylation is 1. The van der Waals surface area contributed by atoms with Crippen LogP contribution < -0.4 is 0 Å². The van der Waals surface area contributed by atoms with Crippen molar-refractivity contribution in [3.8, 4) is 11.1 Å². The lowest BCUT2D eigenvalue weighted by molar-refractivity contribution is -0.138. The summed E-state index contributed by atoms with van der Waals surface area (Å²) in [6, 6.07) is 10.2. The summed E-state index contributed by atoms with van der Waals surface area (Å²) >= 11 is 0. The van der Waals surface area contributed by atoms with E-state index in [4.69, 9.17) is 5.11 Å². The normalized spacial score (nSPS) is 23.1. The highest BCUT2D eigenvalue weighted by molar-refractivity contribution is 5.81. The number of benzene rings is 1. The molecule has 3 aromatic rings. The van der Waals surface area contributed by atoms with Crippen molar-refractivity contribution in [1.29, 1.82) is 0 Å². The lowest BCUT2D eigenvalue weighted by Gasteiger charge is -2.11. The van der Waals surface area contributed by atoms with Crippen LogP contribution in [0.25, 0.3) is 22.2 Å². The molecule has 5 nitrogen and oxygen atoms in total. The summed E-state index contributed by atoms with van der Waals surface area (Å²) in [5.41, 5.74) is 3.71. The van der Waals surface area contributed by atoms with Crippen molar-refractivity contribution in [2.45, 2.75) is 18.8 Å². The Hall–Kier alpha value is -2.69. The van der Waals surface area contributed by atoms with E-state index in [1.807, 2.05) is 50.6 Å². The van der Waals surface area contributed by atoms with Gasteiger partial charge in [0, 0.05) is 35.8 Å². The number of pyridine rings is 1. The molecule has 2 aromatic heterocycles. The minimum absolute atomic E-state index is 0.226. The summed E-state index contributed by atoms with van der Waals surface area (Å²) in [6.07, 6.45) is 4.48. The molecular weight excluding hydrogens is 290 g/mol. The number of carboxylic acids is 1. The molecule has 1 aromatic carbocycles. The van der Waals surface area contributed by atoms with E-state index in [-0.39, 0.29) is 11.3 Å². The predicted molar refractivity (Wildman–Crippen MR) is 87.0 cm³/mol. The molecule has 2 unspecified atom stereocenters. The summed E-state index contributed by atoms with van der Waals surface area (Å²) in [6.45, 7) is 2.02. The Labute approximate surface area is 133 Å². The monoisotopic (exact) mass is 307 g/mol. The third-order valence-corrected chi connectivity index (χ3v) is 4.89. The zero-order valence-electron chi connectivity index (χ0n) is 13.0. The average Bonchev–Trinajstić information content (AvgIpc) is 3.10. The highest BCUT2D eigenvalue weighted by Crippen LogP contribution is 2.54. The number of carbonyl (C=O) groups is 1. The van der Waals surface area contributed by atoms with E-state index >= 15 is 0 Å². The first-order valence-electron chi connectivity index (χ1n) is 7.60. The number of hydrogen-bond acceptors (Lipinski definition) is 3. The van der Waals surface area contributed by atoms with Gasteiger partial charge in [0.05, 0.1) is 5.92 Å². The summed E-state index contributed by atoms with van der Waals surface area (Å²) in [5.74, 6) is -0.968. The number of aromatic nitrogens is 3.